The molecule has 0 aromatic heterocycles. The Balaban J connectivity index is 1.39. The number of hydrogen-bond acceptors (Lipinski definition) is 3. The predicted molar refractivity (Wildman–Crippen MR) is 111 cm³/mol. The third kappa shape index (κ3) is 6.52. The third-order valence-corrected chi connectivity index (χ3v) is 4.68. The first-order valence-electron chi connectivity index (χ1n) is 10.0. The second kappa shape index (κ2) is 10.9. The molecular formula is C22H31N3O2. The normalized spacial score (nSPS) is 17.4. The fourth-order valence-electron chi connectivity index (χ4n) is 3.21. The summed E-state index contributed by atoms with van der Waals surface area (Å²) >= 11 is 0. The zero-order chi connectivity index (χ0) is 18.7. The molecule has 2 aromatic rings. The molecule has 0 radical (unpaired) electrons. The van der Waals surface area contributed by atoms with Crippen molar-refractivity contribution in [1.29, 1.82) is 0 Å². The molecule has 0 spiro atoms. The van der Waals surface area contributed by atoms with Crippen LogP contribution in [0.2, 0.25) is 0 Å². The fraction of sp³-hybridized carbons (Fsp3) is 0.500. The van der Waals surface area contributed by atoms with Crippen LogP contribution in [0.1, 0.15) is 25.3 Å². The van der Waals surface area contributed by atoms with Crippen molar-refractivity contribution >= 4 is 16.7 Å². The number of guanidine groups is 1. The summed E-state index contributed by atoms with van der Waals surface area (Å²) in [4.78, 5) is 4.64. The minimum Gasteiger partial charge on any atom is -0.379 e. The smallest absolute Gasteiger partial charge is 0.191 e. The lowest BCUT2D eigenvalue weighted by Crippen LogP contribution is -2.38. The summed E-state index contributed by atoms with van der Waals surface area (Å²) in [5.41, 5.74) is 1.34. The van der Waals surface area contributed by atoms with Gasteiger partial charge in [0.05, 0.1) is 12.7 Å². The highest BCUT2D eigenvalue weighted by Gasteiger charge is 2.15. The zero-order valence-corrected chi connectivity index (χ0v) is 16.2. The van der Waals surface area contributed by atoms with Gasteiger partial charge in [0.1, 0.15) is 0 Å². The number of nitrogens with zero attached hydrogens (tertiary/aromatic N) is 1. The van der Waals surface area contributed by atoms with Crippen LogP contribution in [0.5, 0.6) is 0 Å². The molecule has 2 N–H and O–H groups in total. The van der Waals surface area contributed by atoms with Crippen LogP contribution in [0.25, 0.3) is 10.8 Å². The van der Waals surface area contributed by atoms with Gasteiger partial charge in [0, 0.05) is 32.8 Å². The van der Waals surface area contributed by atoms with E-state index in [0.29, 0.717) is 0 Å². The van der Waals surface area contributed by atoms with Crippen molar-refractivity contribution in [3.63, 3.8) is 0 Å². The van der Waals surface area contributed by atoms with E-state index in [4.69, 9.17) is 9.47 Å². The van der Waals surface area contributed by atoms with Crippen molar-refractivity contribution < 1.29 is 9.47 Å². The molecule has 0 aliphatic carbocycles. The molecule has 0 saturated carbocycles. The SMILES string of the molecule is CCNC(=NCCCOC1CCOC1)NCCc1ccc2ccccc2c1. The van der Waals surface area contributed by atoms with Gasteiger partial charge in [0.2, 0.25) is 0 Å². The van der Waals surface area contributed by atoms with Gasteiger partial charge in [-0.1, -0.05) is 42.5 Å². The number of fused-ring (bicyclic) bond motifs is 1. The summed E-state index contributed by atoms with van der Waals surface area (Å²) in [6, 6.07) is 15.1. The molecule has 3 rings (SSSR count). The van der Waals surface area contributed by atoms with Crippen LogP contribution in [-0.2, 0) is 15.9 Å². The second-order valence-corrected chi connectivity index (χ2v) is 6.83. The van der Waals surface area contributed by atoms with Gasteiger partial charge in [0.25, 0.3) is 0 Å². The van der Waals surface area contributed by atoms with Gasteiger partial charge < -0.3 is 20.1 Å². The van der Waals surface area contributed by atoms with Crippen LogP contribution < -0.4 is 10.6 Å². The van der Waals surface area contributed by atoms with E-state index in [1.165, 1.54) is 16.3 Å². The van der Waals surface area contributed by atoms with Gasteiger partial charge in [-0.15, -0.1) is 0 Å². The molecule has 146 valence electrons. The van der Waals surface area contributed by atoms with Gasteiger partial charge in [-0.25, -0.2) is 0 Å². The average Bonchev–Trinajstić information content (AvgIpc) is 3.21. The maximum Gasteiger partial charge on any atom is 0.191 e. The molecule has 2 aromatic carbocycles. The number of ether oxygens (including phenoxy) is 2. The highest BCUT2D eigenvalue weighted by atomic mass is 16.5. The van der Waals surface area contributed by atoms with Crippen LogP contribution in [0.3, 0.4) is 0 Å². The molecule has 1 aliphatic heterocycles. The van der Waals surface area contributed by atoms with Crippen molar-refractivity contribution in [2.24, 2.45) is 4.99 Å². The van der Waals surface area contributed by atoms with E-state index in [-0.39, 0.29) is 6.10 Å². The van der Waals surface area contributed by atoms with E-state index in [1.807, 2.05) is 0 Å². The lowest BCUT2D eigenvalue weighted by atomic mass is 10.1. The molecular weight excluding hydrogens is 338 g/mol. The standard InChI is InChI=1S/C22H31N3O2/c1-2-23-22(24-12-5-14-27-21-11-15-26-17-21)25-13-10-18-8-9-19-6-3-4-7-20(19)16-18/h3-4,6-9,16,21H,2,5,10-15,17H2,1H3,(H2,23,24,25). The van der Waals surface area contributed by atoms with Crippen LogP contribution in [0.4, 0.5) is 0 Å². The fourth-order valence-corrected chi connectivity index (χ4v) is 3.21. The van der Waals surface area contributed by atoms with Gasteiger partial charge in [0.15, 0.2) is 5.96 Å². The summed E-state index contributed by atoms with van der Waals surface area (Å²) < 4.78 is 11.1. The first kappa shape index (κ1) is 19.6. The minimum atomic E-state index is 0.280. The number of aliphatic imine (C=N–C) groups is 1. The number of benzene rings is 2. The quantitative estimate of drug-likeness (QED) is 0.405. The number of rotatable bonds is 9. The van der Waals surface area contributed by atoms with Crippen LogP contribution >= 0.6 is 0 Å². The first-order chi connectivity index (χ1) is 13.3. The topological polar surface area (TPSA) is 54.9 Å². The van der Waals surface area contributed by atoms with E-state index in [2.05, 4.69) is 65.0 Å². The van der Waals surface area contributed by atoms with Gasteiger partial charge in [-0.3, -0.25) is 4.99 Å². The molecule has 1 aliphatic rings. The number of hydrogen-bond donors (Lipinski definition) is 2. The Hall–Kier alpha value is -2.11. The Morgan fingerprint density at radius 1 is 1.19 bits per heavy atom. The maximum atomic E-state index is 5.78. The lowest BCUT2D eigenvalue weighted by molar-refractivity contribution is 0.0424. The molecule has 27 heavy (non-hydrogen) atoms. The van der Waals surface area contributed by atoms with E-state index in [1.54, 1.807) is 0 Å². The molecule has 1 heterocycles. The van der Waals surface area contributed by atoms with Crippen LogP contribution in [0, 0.1) is 0 Å². The van der Waals surface area contributed by atoms with E-state index < -0.39 is 0 Å². The molecule has 0 amide bonds. The summed E-state index contributed by atoms with van der Waals surface area (Å²) in [6.45, 7) is 6.88. The number of nitrogens with one attached hydrogen (secondary N) is 2. The van der Waals surface area contributed by atoms with Crippen molar-refractivity contribution in [3.05, 3.63) is 48.0 Å². The van der Waals surface area contributed by atoms with Crippen molar-refractivity contribution in [3.8, 4) is 0 Å². The summed E-state index contributed by atoms with van der Waals surface area (Å²) in [6.07, 6.45) is 3.20. The van der Waals surface area contributed by atoms with Gasteiger partial charge in [-0.05, 0) is 42.5 Å². The van der Waals surface area contributed by atoms with Gasteiger partial charge >= 0.3 is 0 Å². The Morgan fingerprint density at radius 2 is 2.07 bits per heavy atom. The van der Waals surface area contributed by atoms with Gasteiger partial charge in [-0.2, -0.15) is 0 Å². The monoisotopic (exact) mass is 369 g/mol. The largest absolute Gasteiger partial charge is 0.379 e. The minimum absolute atomic E-state index is 0.280. The Bertz CT molecular complexity index is 726. The van der Waals surface area contributed by atoms with Crippen molar-refractivity contribution in [2.45, 2.75) is 32.3 Å². The summed E-state index contributed by atoms with van der Waals surface area (Å²) in [5.74, 6) is 0.877. The first-order valence-corrected chi connectivity index (χ1v) is 10.0. The third-order valence-electron chi connectivity index (χ3n) is 4.68. The summed E-state index contributed by atoms with van der Waals surface area (Å²) in [5, 5.41) is 9.32. The summed E-state index contributed by atoms with van der Waals surface area (Å²) in [7, 11) is 0. The van der Waals surface area contributed by atoms with E-state index >= 15 is 0 Å². The highest BCUT2D eigenvalue weighted by molar-refractivity contribution is 5.83. The highest BCUT2D eigenvalue weighted by Crippen LogP contribution is 2.15. The Labute approximate surface area is 162 Å². The van der Waals surface area contributed by atoms with E-state index in [9.17, 15) is 0 Å². The molecule has 1 saturated heterocycles. The molecule has 5 nitrogen and oxygen atoms in total. The molecule has 1 atom stereocenters. The predicted octanol–water partition coefficient (Wildman–Crippen LogP) is 3.13. The molecule has 0 bridgehead atoms. The van der Waals surface area contributed by atoms with Crippen molar-refractivity contribution in [2.75, 3.05) is 39.5 Å². The molecule has 1 unspecified atom stereocenters. The lowest BCUT2D eigenvalue weighted by Gasteiger charge is -2.12. The van der Waals surface area contributed by atoms with Crippen LogP contribution in [0.15, 0.2) is 47.5 Å². The average molecular weight is 370 g/mol. The van der Waals surface area contributed by atoms with E-state index in [0.717, 1.165) is 64.7 Å². The van der Waals surface area contributed by atoms with Crippen molar-refractivity contribution in [1.82, 2.24) is 10.6 Å². The molecule has 1 fully saturated rings. The molecule has 5 heteroatoms. The maximum absolute atomic E-state index is 5.78. The second-order valence-electron chi connectivity index (χ2n) is 6.83. The Morgan fingerprint density at radius 3 is 2.89 bits per heavy atom. The van der Waals surface area contributed by atoms with Crippen LogP contribution in [-0.4, -0.2) is 51.5 Å². The Kier molecular flexibility index (Phi) is 7.93. The zero-order valence-electron chi connectivity index (χ0n) is 16.2.